The summed E-state index contributed by atoms with van der Waals surface area (Å²) in [5.74, 6) is 0.791. The maximum Gasteiger partial charge on any atom is 0.319 e. The van der Waals surface area contributed by atoms with Gasteiger partial charge in [0.15, 0.2) is 5.82 Å². The van der Waals surface area contributed by atoms with Crippen LogP contribution in [0.15, 0.2) is 42.6 Å². The molecule has 12 heteroatoms. The van der Waals surface area contributed by atoms with Gasteiger partial charge in [-0.15, -0.1) is 6.42 Å². The molecule has 0 bridgehead atoms. The lowest BCUT2D eigenvalue weighted by molar-refractivity contribution is 0.129. The second-order valence-electron chi connectivity index (χ2n) is 12.5. The Morgan fingerprint density at radius 2 is 2.04 bits per heavy atom. The summed E-state index contributed by atoms with van der Waals surface area (Å²) in [5.41, 5.74) is 6.47. The molecule has 3 saturated heterocycles. The number of pyridine rings is 1. The summed E-state index contributed by atoms with van der Waals surface area (Å²) >= 11 is 0. The number of halogens is 4. The van der Waals surface area contributed by atoms with Crippen molar-refractivity contribution in [3.63, 3.8) is 0 Å². The molecule has 2 aromatic carbocycles. The van der Waals surface area contributed by atoms with Crippen LogP contribution in [0.5, 0.6) is 6.01 Å². The van der Waals surface area contributed by atoms with Crippen molar-refractivity contribution >= 4 is 33.2 Å². The van der Waals surface area contributed by atoms with Gasteiger partial charge < -0.3 is 20.1 Å². The lowest BCUT2D eigenvalue weighted by Crippen LogP contribution is -2.44. The summed E-state index contributed by atoms with van der Waals surface area (Å²) in [6, 6.07) is 5.19. The number of alkyl halides is 2. The second kappa shape index (κ2) is 10.5. The Bertz CT molecular complexity index is 1980. The first-order valence-corrected chi connectivity index (χ1v) is 15.2. The highest BCUT2D eigenvalue weighted by Crippen LogP contribution is 2.46. The Hall–Kier alpha value is -4.47. The molecule has 3 aliphatic heterocycles. The summed E-state index contributed by atoms with van der Waals surface area (Å²) in [6.07, 6.45) is 5.86. The third-order valence-electron chi connectivity index (χ3n) is 9.95. The van der Waals surface area contributed by atoms with Crippen molar-refractivity contribution in [1.82, 2.24) is 19.9 Å². The maximum atomic E-state index is 16.8. The lowest BCUT2D eigenvalue weighted by atomic mass is 9.90. The van der Waals surface area contributed by atoms with E-state index >= 15 is 4.39 Å². The number of hydrogen-bond acceptors (Lipinski definition) is 8. The quantitative estimate of drug-likeness (QED) is 0.143. The molecule has 1 saturated carbocycles. The molecule has 5 atom stereocenters. The van der Waals surface area contributed by atoms with E-state index in [4.69, 9.17) is 21.6 Å². The van der Waals surface area contributed by atoms with E-state index in [0.717, 1.165) is 5.57 Å². The van der Waals surface area contributed by atoms with Crippen LogP contribution in [-0.2, 0) is 4.74 Å². The predicted octanol–water partition coefficient (Wildman–Crippen LogP) is 4.98. The number of nitrogen functional groups attached to an aromatic ring is 1. The molecule has 8 rings (SSSR count). The fourth-order valence-corrected chi connectivity index (χ4v) is 7.56. The van der Waals surface area contributed by atoms with E-state index in [-0.39, 0.29) is 77.0 Å². The number of aromatic nitrogens is 3. The van der Waals surface area contributed by atoms with Crippen LogP contribution >= 0.6 is 0 Å². The van der Waals surface area contributed by atoms with E-state index in [1.165, 1.54) is 24.4 Å². The number of ether oxygens (including phenoxy) is 2. The van der Waals surface area contributed by atoms with Crippen LogP contribution in [0.3, 0.4) is 0 Å². The molecule has 8 nitrogen and oxygen atoms in total. The third kappa shape index (κ3) is 4.32. The fraction of sp³-hybridized carbons (Fsp3) is 0.382. The Morgan fingerprint density at radius 1 is 1.20 bits per heavy atom. The van der Waals surface area contributed by atoms with Gasteiger partial charge in [-0.1, -0.05) is 24.1 Å². The topological polar surface area (TPSA) is 89.6 Å². The average Bonchev–Trinajstić information content (AvgIpc) is 3.51. The molecule has 4 aliphatic rings. The number of hydrogen-bond donors (Lipinski definition) is 1. The van der Waals surface area contributed by atoms with Crippen LogP contribution in [0.25, 0.3) is 32.9 Å². The smallest absolute Gasteiger partial charge is 0.319 e. The first-order valence-electron chi connectivity index (χ1n) is 15.2. The number of terminal acetylenes is 1. The molecule has 46 heavy (non-hydrogen) atoms. The van der Waals surface area contributed by atoms with Crippen LogP contribution in [0, 0.1) is 29.9 Å². The lowest BCUT2D eigenvalue weighted by Gasteiger charge is -2.32. The number of anilines is 2. The minimum atomic E-state index is -1.14. The standard InChI is InChI=1S/C34H30F4N6O2/c1-3-21-25(36)5-4-18-10-20(39)11-22(26(18)21)29-28(38)30-23(13-40-29)32(44-8-9-45-15-24-27(37)31(24)44)42-33(41-30)46-16-34-12-19(35)14-43(34)7-6-17(34)2/h1,4-5,10-11,13,19,24,27,31H,2,6-9,12,14-16,39H2/t19-,24+,27+,31+,34?/m1/s1. The molecule has 0 spiro atoms. The van der Waals surface area contributed by atoms with Crippen molar-refractivity contribution in [1.29, 1.82) is 0 Å². The van der Waals surface area contributed by atoms with Gasteiger partial charge in [-0.25, -0.2) is 17.6 Å². The van der Waals surface area contributed by atoms with Crippen LogP contribution in [-0.4, -0.2) is 83.2 Å². The highest BCUT2D eigenvalue weighted by atomic mass is 19.1. The first-order chi connectivity index (χ1) is 22.2. The molecular formula is C34H30F4N6O2. The minimum absolute atomic E-state index is 0.0162. The van der Waals surface area contributed by atoms with Crippen LogP contribution in [0.4, 0.5) is 29.1 Å². The molecule has 4 fully saturated rings. The van der Waals surface area contributed by atoms with Crippen molar-refractivity contribution in [3.8, 4) is 29.6 Å². The van der Waals surface area contributed by atoms with Gasteiger partial charge in [-0.3, -0.25) is 9.88 Å². The van der Waals surface area contributed by atoms with Gasteiger partial charge in [0.1, 0.15) is 41.8 Å². The Labute approximate surface area is 262 Å². The summed E-state index contributed by atoms with van der Waals surface area (Å²) in [7, 11) is 0. The molecule has 0 amide bonds. The Balaban J connectivity index is 1.30. The van der Waals surface area contributed by atoms with E-state index in [2.05, 4.69) is 27.5 Å². The van der Waals surface area contributed by atoms with E-state index in [9.17, 15) is 13.2 Å². The van der Waals surface area contributed by atoms with Crippen LogP contribution in [0.2, 0.25) is 0 Å². The summed E-state index contributed by atoms with van der Waals surface area (Å²) in [5, 5.41) is 1.03. The second-order valence-corrected chi connectivity index (χ2v) is 12.5. The largest absolute Gasteiger partial charge is 0.461 e. The number of benzene rings is 2. The van der Waals surface area contributed by atoms with E-state index < -0.39 is 35.6 Å². The molecule has 4 aromatic rings. The highest BCUT2D eigenvalue weighted by Gasteiger charge is 2.56. The van der Waals surface area contributed by atoms with E-state index in [1.807, 2.05) is 4.90 Å². The van der Waals surface area contributed by atoms with Crippen LogP contribution in [0.1, 0.15) is 18.4 Å². The molecule has 236 valence electrons. The monoisotopic (exact) mass is 630 g/mol. The SMILES string of the molecule is C#Cc1c(F)ccc2cc(N)cc(-c3ncc4c(N5CCOC[C@H]6[C@H](F)[C@H]65)nc(OCC56C[C@@H](F)CN5CCC6=C)nc4c3F)c12. The van der Waals surface area contributed by atoms with Crippen molar-refractivity contribution in [2.75, 3.05) is 50.1 Å². The van der Waals surface area contributed by atoms with Gasteiger partial charge in [-0.05, 0) is 30.0 Å². The van der Waals surface area contributed by atoms with Crippen molar-refractivity contribution in [3.05, 3.63) is 59.8 Å². The zero-order chi connectivity index (χ0) is 31.9. The number of rotatable bonds is 5. The molecule has 5 heterocycles. The third-order valence-corrected chi connectivity index (χ3v) is 9.95. The summed E-state index contributed by atoms with van der Waals surface area (Å²) in [6.45, 7) is 6.04. The Kier molecular flexibility index (Phi) is 6.63. The van der Waals surface area contributed by atoms with Gasteiger partial charge in [0.05, 0.1) is 35.7 Å². The van der Waals surface area contributed by atoms with Gasteiger partial charge >= 0.3 is 6.01 Å². The molecular weight excluding hydrogens is 600 g/mol. The van der Waals surface area contributed by atoms with E-state index in [1.54, 1.807) is 11.0 Å². The zero-order valence-corrected chi connectivity index (χ0v) is 24.8. The predicted molar refractivity (Wildman–Crippen MR) is 166 cm³/mol. The fourth-order valence-electron chi connectivity index (χ4n) is 7.56. The molecule has 1 unspecified atom stereocenters. The van der Waals surface area contributed by atoms with Crippen molar-refractivity contribution < 1.29 is 27.0 Å². The summed E-state index contributed by atoms with van der Waals surface area (Å²) < 4.78 is 73.0. The molecule has 2 N–H and O–H groups in total. The normalized spacial score (nSPS) is 27.5. The zero-order valence-electron chi connectivity index (χ0n) is 24.8. The molecule has 2 aromatic heterocycles. The van der Waals surface area contributed by atoms with Gasteiger partial charge in [-0.2, -0.15) is 9.97 Å². The summed E-state index contributed by atoms with van der Waals surface area (Å²) in [4.78, 5) is 17.4. The number of nitrogens with zero attached hydrogens (tertiary/aromatic N) is 5. The first kappa shape index (κ1) is 29.0. The number of fused-ring (bicyclic) bond motifs is 4. The van der Waals surface area contributed by atoms with Gasteiger partial charge in [0.2, 0.25) is 0 Å². The van der Waals surface area contributed by atoms with Crippen molar-refractivity contribution in [2.45, 2.75) is 36.8 Å². The maximum absolute atomic E-state index is 16.8. The molecule has 1 aliphatic carbocycles. The molecule has 0 radical (unpaired) electrons. The Morgan fingerprint density at radius 3 is 2.87 bits per heavy atom. The number of nitrogens with two attached hydrogens (primary N) is 1. The van der Waals surface area contributed by atoms with Crippen LogP contribution < -0.4 is 15.4 Å². The van der Waals surface area contributed by atoms with Crippen molar-refractivity contribution in [2.24, 2.45) is 5.92 Å². The van der Waals surface area contributed by atoms with Gasteiger partial charge in [0.25, 0.3) is 0 Å². The van der Waals surface area contributed by atoms with Gasteiger partial charge in [0, 0.05) is 54.8 Å². The van der Waals surface area contributed by atoms with E-state index in [0.29, 0.717) is 37.2 Å². The minimum Gasteiger partial charge on any atom is -0.461 e. The highest BCUT2D eigenvalue weighted by molar-refractivity contribution is 6.03. The average molecular weight is 631 g/mol.